The average molecular weight is 322 g/mol. The van der Waals surface area contributed by atoms with Crippen LogP contribution in [0.15, 0.2) is 18.2 Å². The molecule has 4 nitrogen and oxygen atoms in total. The lowest BCUT2D eigenvalue weighted by atomic mass is 9.92. The molecule has 2 aliphatic rings. The first kappa shape index (κ1) is 15.9. The Kier molecular flexibility index (Phi) is 4.33. The summed E-state index contributed by atoms with van der Waals surface area (Å²) in [6, 6.07) is 3.84. The van der Waals surface area contributed by atoms with Crippen LogP contribution >= 0.6 is 0 Å². The fourth-order valence-corrected chi connectivity index (χ4v) is 3.54. The molecule has 2 heterocycles. The molecule has 2 fully saturated rings. The van der Waals surface area contributed by atoms with Crippen LogP contribution in [0.25, 0.3) is 0 Å². The number of amides is 2. The molecule has 0 spiro atoms. The van der Waals surface area contributed by atoms with Crippen molar-refractivity contribution in [1.82, 2.24) is 9.80 Å². The highest BCUT2D eigenvalue weighted by molar-refractivity contribution is 5.80. The highest BCUT2D eigenvalue weighted by Crippen LogP contribution is 2.31. The second-order valence-electron chi connectivity index (χ2n) is 6.41. The number of likely N-dealkylation sites (N-methyl/N-ethyl adjacent to an activating group) is 1. The summed E-state index contributed by atoms with van der Waals surface area (Å²) in [5, 5.41) is 0. The van der Waals surface area contributed by atoms with E-state index in [-0.39, 0.29) is 24.3 Å². The summed E-state index contributed by atoms with van der Waals surface area (Å²) in [6.45, 7) is 1.24. The van der Waals surface area contributed by atoms with Crippen molar-refractivity contribution in [2.24, 2.45) is 5.92 Å². The number of carbonyl (C=O) groups excluding carboxylic acids is 2. The Bertz CT molecular complexity index is 635. The number of hydrogen-bond donors (Lipinski definition) is 0. The van der Waals surface area contributed by atoms with Gasteiger partial charge in [-0.1, -0.05) is 6.07 Å². The number of fused-ring (bicyclic) bond motifs is 1. The van der Waals surface area contributed by atoms with Gasteiger partial charge in [-0.05, 0) is 36.5 Å². The minimum Gasteiger partial charge on any atom is -0.341 e. The molecular weight excluding hydrogens is 302 g/mol. The van der Waals surface area contributed by atoms with Crippen molar-refractivity contribution in [2.75, 3.05) is 20.1 Å². The van der Waals surface area contributed by atoms with Gasteiger partial charge in [0.1, 0.15) is 0 Å². The van der Waals surface area contributed by atoms with E-state index in [1.165, 1.54) is 6.07 Å². The van der Waals surface area contributed by atoms with E-state index < -0.39 is 11.6 Å². The van der Waals surface area contributed by atoms with E-state index in [1.54, 1.807) is 16.8 Å². The monoisotopic (exact) mass is 322 g/mol. The molecular formula is C17H20F2N2O2. The second-order valence-corrected chi connectivity index (χ2v) is 6.41. The summed E-state index contributed by atoms with van der Waals surface area (Å²) in [7, 11) is 1.79. The summed E-state index contributed by atoms with van der Waals surface area (Å²) in [5.41, 5.74) is 0.611. The first-order chi connectivity index (χ1) is 11.0. The van der Waals surface area contributed by atoms with Gasteiger partial charge in [0.15, 0.2) is 11.6 Å². The van der Waals surface area contributed by atoms with Crippen LogP contribution in [-0.4, -0.2) is 47.8 Å². The van der Waals surface area contributed by atoms with Crippen LogP contribution in [0, 0.1) is 17.6 Å². The van der Waals surface area contributed by atoms with Gasteiger partial charge in [0, 0.05) is 33.0 Å². The summed E-state index contributed by atoms with van der Waals surface area (Å²) < 4.78 is 26.1. The fraction of sp³-hybridized carbons (Fsp3) is 0.529. The van der Waals surface area contributed by atoms with E-state index in [2.05, 4.69) is 0 Å². The summed E-state index contributed by atoms with van der Waals surface area (Å²) >= 11 is 0. The third-order valence-corrected chi connectivity index (χ3v) is 5.01. The van der Waals surface area contributed by atoms with Crippen LogP contribution in [0.1, 0.15) is 24.8 Å². The number of benzene rings is 1. The molecule has 1 aromatic carbocycles. The largest absolute Gasteiger partial charge is 0.341 e. The van der Waals surface area contributed by atoms with Gasteiger partial charge in [0.2, 0.25) is 11.8 Å². The summed E-state index contributed by atoms with van der Waals surface area (Å²) in [5.74, 6) is -1.27. The van der Waals surface area contributed by atoms with E-state index in [0.29, 0.717) is 37.4 Å². The molecule has 23 heavy (non-hydrogen) atoms. The predicted molar refractivity (Wildman–Crippen MR) is 80.5 cm³/mol. The zero-order valence-electron chi connectivity index (χ0n) is 13.1. The van der Waals surface area contributed by atoms with Gasteiger partial charge in [-0.2, -0.15) is 0 Å². The number of rotatable bonds is 3. The Morgan fingerprint density at radius 3 is 2.83 bits per heavy atom. The van der Waals surface area contributed by atoms with Gasteiger partial charge >= 0.3 is 0 Å². The van der Waals surface area contributed by atoms with Gasteiger partial charge in [-0.25, -0.2) is 8.78 Å². The van der Waals surface area contributed by atoms with Gasteiger partial charge < -0.3 is 9.80 Å². The molecule has 0 N–H and O–H groups in total. The van der Waals surface area contributed by atoms with Gasteiger partial charge in [0.25, 0.3) is 0 Å². The zero-order valence-corrected chi connectivity index (χ0v) is 13.1. The molecule has 0 saturated carbocycles. The van der Waals surface area contributed by atoms with Crippen LogP contribution in [0.2, 0.25) is 0 Å². The molecule has 2 aliphatic heterocycles. The molecule has 2 saturated heterocycles. The first-order valence-corrected chi connectivity index (χ1v) is 7.93. The number of nitrogens with zero attached hydrogens (tertiary/aromatic N) is 2. The van der Waals surface area contributed by atoms with Crippen LogP contribution in [0.3, 0.4) is 0 Å². The zero-order chi connectivity index (χ0) is 16.6. The molecule has 6 heteroatoms. The maximum absolute atomic E-state index is 13.2. The van der Waals surface area contributed by atoms with E-state index in [4.69, 9.17) is 0 Å². The SMILES string of the molecule is CN1C(=O)C[C@H]2CCN(C(=O)CCc3ccc(F)c(F)c3)C[C@H]21. The van der Waals surface area contributed by atoms with E-state index >= 15 is 0 Å². The topological polar surface area (TPSA) is 40.6 Å². The fourth-order valence-electron chi connectivity index (χ4n) is 3.54. The minimum atomic E-state index is -0.887. The number of aryl methyl sites for hydroxylation is 1. The maximum Gasteiger partial charge on any atom is 0.222 e. The highest BCUT2D eigenvalue weighted by atomic mass is 19.2. The molecule has 1 aromatic rings. The van der Waals surface area contributed by atoms with Crippen LogP contribution in [0.5, 0.6) is 0 Å². The first-order valence-electron chi connectivity index (χ1n) is 7.93. The molecule has 2 amide bonds. The Labute approximate surface area is 134 Å². The number of piperidine rings is 1. The Balaban J connectivity index is 1.56. The lowest BCUT2D eigenvalue weighted by molar-refractivity contribution is -0.135. The van der Waals surface area contributed by atoms with E-state index in [0.717, 1.165) is 18.6 Å². The molecule has 124 valence electrons. The maximum atomic E-state index is 13.2. The Morgan fingerprint density at radius 2 is 2.09 bits per heavy atom. The van der Waals surface area contributed by atoms with Gasteiger partial charge in [0.05, 0.1) is 6.04 Å². The summed E-state index contributed by atoms with van der Waals surface area (Å²) in [4.78, 5) is 27.6. The highest BCUT2D eigenvalue weighted by Gasteiger charge is 2.41. The van der Waals surface area contributed by atoms with Crippen molar-refractivity contribution in [3.8, 4) is 0 Å². The number of carbonyl (C=O) groups is 2. The van der Waals surface area contributed by atoms with Crippen LogP contribution in [0.4, 0.5) is 8.78 Å². The third-order valence-electron chi connectivity index (χ3n) is 5.01. The van der Waals surface area contributed by atoms with Crippen molar-refractivity contribution in [3.05, 3.63) is 35.4 Å². The van der Waals surface area contributed by atoms with Crippen molar-refractivity contribution >= 4 is 11.8 Å². The van der Waals surface area contributed by atoms with Crippen LogP contribution < -0.4 is 0 Å². The Morgan fingerprint density at radius 1 is 1.30 bits per heavy atom. The summed E-state index contributed by atoms with van der Waals surface area (Å²) in [6.07, 6.45) is 2.07. The smallest absolute Gasteiger partial charge is 0.222 e. The standard InChI is InChI=1S/C17H20F2N2O2/c1-20-15-10-21(7-6-12(15)9-17(20)23)16(22)5-3-11-2-4-13(18)14(19)8-11/h2,4,8,12,15H,3,5-7,9-10H2,1H3/t12-,15-/m1/s1. The second kappa shape index (κ2) is 6.26. The van der Waals surface area contributed by atoms with E-state index in [9.17, 15) is 18.4 Å². The molecule has 0 aromatic heterocycles. The lowest BCUT2D eigenvalue weighted by Crippen LogP contribution is -2.49. The molecule has 2 atom stereocenters. The van der Waals surface area contributed by atoms with Crippen molar-refractivity contribution in [2.45, 2.75) is 31.7 Å². The average Bonchev–Trinajstić information content (AvgIpc) is 2.82. The molecule has 0 unspecified atom stereocenters. The molecule has 0 aliphatic carbocycles. The third kappa shape index (κ3) is 3.21. The number of hydrogen-bond acceptors (Lipinski definition) is 2. The minimum absolute atomic E-state index is 0.000863. The molecule has 0 bridgehead atoms. The van der Waals surface area contributed by atoms with Gasteiger partial charge in [-0.3, -0.25) is 9.59 Å². The van der Waals surface area contributed by atoms with E-state index in [1.807, 2.05) is 0 Å². The number of halogens is 2. The van der Waals surface area contributed by atoms with Crippen molar-refractivity contribution in [3.63, 3.8) is 0 Å². The quantitative estimate of drug-likeness (QED) is 0.854. The molecule has 3 rings (SSSR count). The lowest BCUT2D eigenvalue weighted by Gasteiger charge is -2.37. The predicted octanol–water partition coefficient (Wildman–Crippen LogP) is 1.98. The van der Waals surface area contributed by atoms with Crippen molar-refractivity contribution < 1.29 is 18.4 Å². The molecule has 0 radical (unpaired) electrons. The normalized spacial score (nSPS) is 24.0. The van der Waals surface area contributed by atoms with Gasteiger partial charge in [-0.15, -0.1) is 0 Å². The Hall–Kier alpha value is -1.98. The van der Waals surface area contributed by atoms with Crippen LogP contribution in [-0.2, 0) is 16.0 Å². The van der Waals surface area contributed by atoms with Crippen molar-refractivity contribution in [1.29, 1.82) is 0 Å². The number of likely N-dealkylation sites (tertiary alicyclic amines) is 2.